The molecule has 1 aliphatic rings. The quantitative estimate of drug-likeness (QED) is 0.247. The molecule has 0 saturated heterocycles. The third-order valence-corrected chi connectivity index (χ3v) is 8.61. The van der Waals surface area contributed by atoms with E-state index in [0.29, 0.717) is 34.0 Å². The second-order valence-electron chi connectivity index (χ2n) is 9.31. The van der Waals surface area contributed by atoms with Crippen LogP contribution in [0.3, 0.4) is 0 Å². The van der Waals surface area contributed by atoms with Gasteiger partial charge in [0, 0.05) is 11.4 Å². The molecule has 0 aliphatic heterocycles. The predicted octanol–water partition coefficient (Wildman–Crippen LogP) is 6.02. The summed E-state index contributed by atoms with van der Waals surface area (Å²) in [5.74, 6) is 1.49. The molecular weight excluding hydrogens is 508 g/mol. The van der Waals surface area contributed by atoms with Crippen molar-refractivity contribution < 1.29 is 19.1 Å². The van der Waals surface area contributed by atoms with Crippen molar-refractivity contribution in [2.45, 2.75) is 77.1 Å². The Morgan fingerprint density at radius 2 is 1.86 bits per heavy atom. The molecular formula is C27H34N4O4S2. The van der Waals surface area contributed by atoms with Gasteiger partial charge < -0.3 is 19.4 Å². The molecule has 1 aliphatic carbocycles. The summed E-state index contributed by atoms with van der Waals surface area (Å²) in [5.41, 5.74) is 2.79. The largest absolute Gasteiger partial charge is 0.483 e. The van der Waals surface area contributed by atoms with E-state index in [9.17, 15) is 9.59 Å². The SMILES string of the molecule is CCn1c(SCC(=O)Nc2sc3c(c2C(=O)OC)CCCC3)nnc1C(C)Oc1ccc(C(C)C)cc1. The van der Waals surface area contributed by atoms with E-state index in [2.05, 4.69) is 41.5 Å². The first-order valence-electron chi connectivity index (χ1n) is 12.7. The van der Waals surface area contributed by atoms with Gasteiger partial charge in [-0.15, -0.1) is 21.5 Å². The number of carbonyl (C=O) groups is 2. The van der Waals surface area contributed by atoms with E-state index >= 15 is 0 Å². The van der Waals surface area contributed by atoms with Crippen LogP contribution in [-0.4, -0.2) is 39.5 Å². The summed E-state index contributed by atoms with van der Waals surface area (Å²) >= 11 is 2.80. The number of aromatic nitrogens is 3. The number of hydrogen-bond acceptors (Lipinski definition) is 8. The van der Waals surface area contributed by atoms with Crippen LogP contribution in [0.1, 0.15) is 84.7 Å². The number of esters is 1. The fourth-order valence-corrected chi connectivity index (χ4v) is 6.56. The number of aryl methyl sites for hydroxylation is 1. The Bertz CT molecular complexity index is 1250. The number of nitrogens with zero attached hydrogens (tertiary/aromatic N) is 3. The lowest BCUT2D eigenvalue weighted by Crippen LogP contribution is -2.17. The molecule has 1 N–H and O–H groups in total. The zero-order chi connectivity index (χ0) is 26.5. The Morgan fingerprint density at radius 1 is 1.14 bits per heavy atom. The number of anilines is 1. The summed E-state index contributed by atoms with van der Waals surface area (Å²) in [5, 5.41) is 12.8. The third kappa shape index (κ3) is 6.18. The minimum atomic E-state index is -0.398. The molecule has 198 valence electrons. The molecule has 0 fully saturated rings. The topological polar surface area (TPSA) is 95.3 Å². The van der Waals surface area contributed by atoms with Crippen molar-refractivity contribution in [3.05, 3.63) is 51.7 Å². The summed E-state index contributed by atoms with van der Waals surface area (Å²) in [6.07, 6.45) is 3.60. The molecule has 10 heteroatoms. The number of fused-ring (bicyclic) bond motifs is 1. The third-order valence-electron chi connectivity index (χ3n) is 6.43. The average Bonchev–Trinajstić information content (AvgIpc) is 3.48. The van der Waals surface area contributed by atoms with E-state index in [1.807, 2.05) is 30.5 Å². The van der Waals surface area contributed by atoms with Gasteiger partial charge in [-0.2, -0.15) is 0 Å². The van der Waals surface area contributed by atoms with Crippen molar-refractivity contribution in [2.24, 2.45) is 0 Å². The highest BCUT2D eigenvalue weighted by Crippen LogP contribution is 2.38. The van der Waals surface area contributed by atoms with Gasteiger partial charge in [-0.05, 0) is 68.7 Å². The van der Waals surface area contributed by atoms with Gasteiger partial charge in [0.25, 0.3) is 0 Å². The van der Waals surface area contributed by atoms with Gasteiger partial charge in [0.2, 0.25) is 5.91 Å². The molecule has 0 spiro atoms. The Hall–Kier alpha value is -2.85. The highest BCUT2D eigenvalue weighted by molar-refractivity contribution is 7.99. The first-order chi connectivity index (χ1) is 17.8. The van der Waals surface area contributed by atoms with Crippen LogP contribution in [0.15, 0.2) is 29.4 Å². The van der Waals surface area contributed by atoms with E-state index < -0.39 is 5.97 Å². The minimum absolute atomic E-state index is 0.146. The maximum absolute atomic E-state index is 12.9. The molecule has 1 atom stereocenters. The van der Waals surface area contributed by atoms with Crippen molar-refractivity contribution in [3.63, 3.8) is 0 Å². The molecule has 0 saturated carbocycles. The average molecular weight is 543 g/mol. The molecule has 0 bridgehead atoms. The maximum atomic E-state index is 12.9. The second-order valence-corrected chi connectivity index (χ2v) is 11.4. The standard InChI is InChI=1S/C27H34N4O4S2/c1-6-31-24(17(4)35-19-13-11-18(12-14-19)16(2)3)29-30-27(31)36-15-22(32)28-25-23(26(33)34-5)20-9-7-8-10-21(20)37-25/h11-14,16-17H,6-10,15H2,1-5H3,(H,28,32). The van der Waals surface area contributed by atoms with Gasteiger partial charge in [0.1, 0.15) is 10.8 Å². The predicted molar refractivity (Wildman–Crippen MR) is 147 cm³/mol. The van der Waals surface area contributed by atoms with Crippen LogP contribution in [0.5, 0.6) is 5.75 Å². The summed E-state index contributed by atoms with van der Waals surface area (Å²) in [7, 11) is 1.37. The van der Waals surface area contributed by atoms with Gasteiger partial charge >= 0.3 is 5.97 Å². The molecule has 3 aromatic rings. The van der Waals surface area contributed by atoms with Crippen molar-refractivity contribution in [1.82, 2.24) is 14.8 Å². The molecule has 1 aromatic carbocycles. The Morgan fingerprint density at radius 3 is 2.54 bits per heavy atom. The van der Waals surface area contributed by atoms with Gasteiger partial charge in [0.15, 0.2) is 17.1 Å². The Kier molecular flexibility index (Phi) is 8.91. The van der Waals surface area contributed by atoms with E-state index in [1.165, 1.54) is 35.8 Å². The number of hydrogen-bond donors (Lipinski definition) is 1. The van der Waals surface area contributed by atoms with Crippen LogP contribution < -0.4 is 10.1 Å². The lowest BCUT2D eigenvalue weighted by Gasteiger charge is -2.16. The van der Waals surface area contributed by atoms with E-state index in [-0.39, 0.29) is 17.8 Å². The number of ether oxygens (including phenoxy) is 2. The molecule has 4 rings (SSSR count). The molecule has 8 nitrogen and oxygen atoms in total. The number of amides is 1. The summed E-state index contributed by atoms with van der Waals surface area (Å²) in [4.78, 5) is 26.5. The van der Waals surface area contributed by atoms with Crippen molar-refractivity contribution in [1.29, 1.82) is 0 Å². The maximum Gasteiger partial charge on any atom is 0.341 e. The number of nitrogens with one attached hydrogen (secondary N) is 1. The number of carbonyl (C=O) groups excluding carboxylic acids is 2. The van der Waals surface area contributed by atoms with Crippen LogP contribution in [-0.2, 0) is 28.9 Å². The summed E-state index contributed by atoms with van der Waals surface area (Å²) < 4.78 is 13.1. The zero-order valence-corrected chi connectivity index (χ0v) is 23.6. The number of thioether (sulfide) groups is 1. The second kappa shape index (κ2) is 12.1. The lowest BCUT2D eigenvalue weighted by atomic mass is 9.95. The molecule has 1 amide bonds. The molecule has 2 heterocycles. The van der Waals surface area contributed by atoms with E-state index in [4.69, 9.17) is 9.47 Å². The monoisotopic (exact) mass is 542 g/mol. The Labute approximate surface area is 226 Å². The molecule has 37 heavy (non-hydrogen) atoms. The van der Waals surface area contributed by atoms with Gasteiger partial charge in [-0.1, -0.05) is 37.7 Å². The van der Waals surface area contributed by atoms with Crippen LogP contribution in [0.25, 0.3) is 0 Å². The van der Waals surface area contributed by atoms with E-state index in [0.717, 1.165) is 41.9 Å². The van der Waals surface area contributed by atoms with Crippen molar-refractivity contribution in [3.8, 4) is 5.75 Å². The summed E-state index contributed by atoms with van der Waals surface area (Å²) in [6, 6.07) is 8.10. The molecule has 2 aromatic heterocycles. The van der Waals surface area contributed by atoms with Gasteiger partial charge in [-0.3, -0.25) is 4.79 Å². The van der Waals surface area contributed by atoms with Crippen molar-refractivity contribution >= 4 is 40.0 Å². The lowest BCUT2D eigenvalue weighted by molar-refractivity contribution is -0.113. The highest BCUT2D eigenvalue weighted by atomic mass is 32.2. The number of rotatable bonds is 10. The number of thiophene rings is 1. The highest BCUT2D eigenvalue weighted by Gasteiger charge is 2.27. The van der Waals surface area contributed by atoms with Crippen LogP contribution in [0.2, 0.25) is 0 Å². The molecule has 1 unspecified atom stereocenters. The van der Waals surface area contributed by atoms with Gasteiger partial charge in [0.05, 0.1) is 18.4 Å². The normalized spacial score (nSPS) is 13.8. The van der Waals surface area contributed by atoms with Crippen molar-refractivity contribution in [2.75, 3.05) is 18.2 Å². The van der Waals surface area contributed by atoms with Crippen LogP contribution in [0, 0.1) is 0 Å². The van der Waals surface area contributed by atoms with Crippen LogP contribution in [0.4, 0.5) is 5.00 Å². The Balaban J connectivity index is 1.41. The first-order valence-corrected chi connectivity index (χ1v) is 14.5. The fraction of sp³-hybridized carbons (Fsp3) is 0.481. The fourth-order valence-electron chi connectivity index (χ4n) is 4.46. The number of methoxy groups -OCH3 is 1. The van der Waals surface area contributed by atoms with Crippen LogP contribution >= 0.6 is 23.1 Å². The van der Waals surface area contributed by atoms with E-state index in [1.54, 1.807) is 0 Å². The molecule has 0 radical (unpaired) electrons. The first kappa shape index (κ1) is 27.2. The number of benzene rings is 1. The van der Waals surface area contributed by atoms with Gasteiger partial charge in [-0.25, -0.2) is 4.79 Å². The smallest absolute Gasteiger partial charge is 0.341 e. The summed E-state index contributed by atoms with van der Waals surface area (Å²) in [6.45, 7) is 8.93. The zero-order valence-electron chi connectivity index (χ0n) is 22.0. The minimum Gasteiger partial charge on any atom is -0.483 e.